The Bertz CT molecular complexity index is 1270. The molecule has 2 aromatic rings. The molecular formula is C35H50N2O8. The molecule has 0 aromatic heterocycles. The molecule has 2 amide bonds. The average Bonchev–Trinajstić information content (AvgIpc) is 2.93. The summed E-state index contributed by atoms with van der Waals surface area (Å²) in [4.78, 5) is 48.4. The number of rotatable bonds is 14. The van der Waals surface area contributed by atoms with Gasteiger partial charge in [0.25, 0.3) is 0 Å². The van der Waals surface area contributed by atoms with E-state index in [1.165, 1.54) is 0 Å². The van der Waals surface area contributed by atoms with E-state index >= 15 is 0 Å². The number of amides is 2. The number of carbonyl (C=O) groups excluding carboxylic acids is 4. The monoisotopic (exact) mass is 626 g/mol. The smallest absolute Gasteiger partial charge is 0.306 e. The molecule has 0 saturated heterocycles. The van der Waals surface area contributed by atoms with Crippen molar-refractivity contribution < 1.29 is 38.9 Å². The maximum atomic E-state index is 12.2. The van der Waals surface area contributed by atoms with Gasteiger partial charge in [-0.25, -0.2) is 0 Å². The minimum absolute atomic E-state index is 0.0226. The molecule has 0 aliphatic carbocycles. The maximum absolute atomic E-state index is 12.2. The Labute approximate surface area is 266 Å². The molecule has 0 saturated carbocycles. The van der Waals surface area contributed by atoms with Gasteiger partial charge < -0.3 is 30.3 Å². The third kappa shape index (κ3) is 12.4. The second-order valence-corrected chi connectivity index (χ2v) is 13.4. The van der Waals surface area contributed by atoms with Crippen molar-refractivity contribution >= 4 is 23.8 Å². The van der Waals surface area contributed by atoms with Crippen LogP contribution in [0.15, 0.2) is 24.3 Å². The third-order valence-corrected chi connectivity index (χ3v) is 7.27. The van der Waals surface area contributed by atoms with Gasteiger partial charge in [0.15, 0.2) is 0 Å². The molecule has 0 unspecified atom stereocenters. The number of hydrogen-bond donors (Lipinski definition) is 4. The number of hydrogen-bond acceptors (Lipinski definition) is 8. The van der Waals surface area contributed by atoms with E-state index in [0.29, 0.717) is 12.8 Å². The molecular weight excluding hydrogens is 576 g/mol. The molecule has 0 aliphatic rings. The SMILES string of the molecule is Cc1cc(CCC(=O)OCCNC(=O)CC(=O)NCCOC(=O)CCc2cc(C)c(O)c(C(C)(C)C)c2)cc(C(C)(C)C)c1O. The third-order valence-electron chi connectivity index (χ3n) is 7.27. The summed E-state index contributed by atoms with van der Waals surface area (Å²) < 4.78 is 10.4. The summed E-state index contributed by atoms with van der Waals surface area (Å²) in [6, 6.07) is 7.53. The van der Waals surface area contributed by atoms with Crippen LogP contribution in [0.4, 0.5) is 0 Å². The number of phenols is 2. The minimum atomic E-state index is -0.520. The van der Waals surface area contributed by atoms with Crippen LogP contribution in [0.5, 0.6) is 11.5 Å². The Kier molecular flexibility index (Phi) is 13.4. The zero-order chi connectivity index (χ0) is 33.9. The van der Waals surface area contributed by atoms with E-state index in [2.05, 4.69) is 10.6 Å². The van der Waals surface area contributed by atoms with Crippen LogP contribution in [-0.2, 0) is 52.3 Å². The van der Waals surface area contributed by atoms with E-state index in [4.69, 9.17) is 9.47 Å². The Hall–Kier alpha value is -4.08. The number of aromatic hydroxyl groups is 2. The molecule has 10 heteroatoms. The minimum Gasteiger partial charge on any atom is -0.507 e. The van der Waals surface area contributed by atoms with Crippen molar-refractivity contribution in [2.75, 3.05) is 26.3 Å². The van der Waals surface area contributed by atoms with Gasteiger partial charge in [0.2, 0.25) is 11.8 Å². The zero-order valence-corrected chi connectivity index (χ0v) is 28.0. The van der Waals surface area contributed by atoms with E-state index in [1.807, 2.05) is 79.7 Å². The molecule has 45 heavy (non-hydrogen) atoms. The van der Waals surface area contributed by atoms with Gasteiger partial charge in [0.05, 0.1) is 13.1 Å². The Balaban J connectivity index is 1.60. The molecule has 0 spiro atoms. The standard InChI is InChI=1S/C35H50N2O8/c1-22-17-24(19-26(32(22)42)34(3,4)5)9-11-30(40)44-15-13-36-28(38)21-29(39)37-14-16-45-31(41)12-10-25-18-23(2)33(43)27(20-25)35(6,7)8/h17-20,42-43H,9-16,21H2,1-8H3,(H,36,38)(H,37,39). The molecule has 0 radical (unpaired) electrons. The first-order valence-corrected chi connectivity index (χ1v) is 15.4. The zero-order valence-electron chi connectivity index (χ0n) is 28.0. The fourth-order valence-electron chi connectivity index (χ4n) is 4.76. The van der Waals surface area contributed by atoms with Crippen molar-refractivity contribution in [3.8, 4) is 11.5 Å². The molecule has 0 atom stereocenters. The molecule has 2 rings (SSSR count). The summed E-state index contributed by atoms with van der Waals surface area (Å²) >= 11 is 0. The molecule has 4 N–H and O–H groups in total. The van der Waals surface area contributed by atoms with Crippen molar-refractivity contribution in [2.24, 2.45) is 0 Å². The van der Waals surface area contributed by atoms with Crippen LogP contribution in [0.25, 0.3) is 0 Å². The normalized spacial score (nSPS) is 11.6. The molecule has 0 bridgehead atoms. The molecule has 0 heterocycles. The molecule has 0 aliphatic heterocycles. The average molecular weight is 627 g/mol. The highest BCUT2D eigenvalue weighted by Gasteiger charge is 2.22. The number of aryl methyl sites for hydroxylation is 4. The van der Waals surface area contributed by atoms with Gasteiger partial charge in [-0.05, 0) is 70.9 Å². The van der Waals surface area contributed by atoms with E-state index in [9.17, 15) is 29.4 Å². The summed E-state index contributed by atoms with van der Waals surface area (Å²) in [5.41, 5.74) is 4.55. The number of ether oxygens (including phenoxy) is 2. The van der Waals surface area contributed by atoms with Gasteiger partial charge in [0, 0.05) is 12.8 Å². The lowest BCUT2D eigenvalue weighted by atomic mass is 9.83. The quantitative estimate of drug-likeness (QED) is 0.135. The maximum Gasteiger partial charge on any atom is 0.306 e. The van der Waals surface area contributed by atoms with Gasteiger partial charge >= 0.3 is 11.9 Å². The van der Waals surface area contributed by atoms with E-state index in [0.717, 1.165) is 33.4 Å². The van der Waals surface area contributed by atoms with Gasteiger partial charge in [-0.15, -0.1) is 0 Å². The number of carbonyl (C=O) groups is 4. The van der Waals surface area contributed by atoms with Crippen LogP contribution < -0.4 is 10.6 Å². The fraction of sp³-hybridized carbons (Fsp3) is 0.543. The molecule has 2 aromatic carbocycles. The van der Waals surface area contributed by atoms with Gasteiger partial charge in [0.1, 0.15) is 31.1 Å². The first kappa shape index (κ1) is 37.1. The highest BCUT2D eigenvalue weighted by atomic mass is 16.5. The summed E-state index contributed by atoms with van der Waals surface area (Å²) in [6.45, 7) is 15.8. The van der Waals surface area contributed by atoms with Crippen molar-refractivity contribution in [3.63, 3.8) is 0 Å². The largest absolute Gasteiger partial charge is 0.507 e. The summed E-state index contributed by atoms with van der Waals surface area (Å²) in [6.07, 6.45) is 0.823. The van der Waals surface area contributed by atoms with Crippen LogP contribution in [-0.4, -0.2) is 60.3 Å². The molecule has 248 valence electrons. The number of esters is 2. The topological polar surface area (TPSA) is 151 Å². The van der Waals surface area contributed by atoms with Crippen LogP contribution in [0.1, 0.15) is 94.2 Å². The Morgan fingerprint density at radius 2 is 1.00 bits per heavy atom. The van der Waals surface area contributed by atoms with Crippen molar-refractivity contribution in [3.05, 3.63) is 57.6 Å². The Morgan fingerprint density at radius 1 is 0.644 bits per heavy atom. The highest BCUT2D eigenvalue weighted by Crippen LogP contribution is 2.35. The first-order chi connectivity index (χ1) is 20.9. The van der Waals surface area contributed by atoms with Crippen LogP contribution in [0.3, 0.4) is 0 Å². The van der Waals surface area contributed by atoms with Crippen LogP contribution in [0.2, 0.25) is 0 Å². The van der Waals surface area contributed by atoms with Crippen LogP contribution in [0, 0.1) is 13.8 Å². The van der Waals surface area contributed by atoms with Gasteiger partial charge in [-0.1, -0.05) is 65.8 Å². The van der Waals surface area contributed by atoms with Gasteiger partial charge in [-0.2, -0.15) is 0 Å². The molecule has 10 nitrogen and oxygen atoms in total. The lowest BCUT2D eigenvalue weighted by Crippen LogP contribution is -2.35. The number of phenolic OH excluding ortho intramolecular Hbond substituents is 2. The Morgan fingerprint density at radius 3 is 1.33 bits per heavy atom. The summed E-state index contributed by atoms with van der Waals surface area (Å²) in [5, 5.41) is 25.8. The van der Waals surface area contributed by atoms with E-state index < -0.39 is 30.2 Å². The van der Waals surface area contributed by atoms with Gasteiger partial charge in [-0.3, -0.25) is 19.2 Å². The predicted octanol–water partition coefficient (Wildman–Crippen LogP) is 4.58. The van der Waals surface area contributed by atoms with Crippen molar-refractivity contribution in [1.29, 1.82) is 0 Å². The number of nitrogens with one attached hydrogen (secondary N) is 2. The first-order valence-electron chi connectivity index (χ1n) is 15.4. The number of benzene rings is 2. The highest BCUT2D eigenvalue weighted by molar-refractivity contribution is 5.96. The van der Waals surface area contributed by atoms with Crippen LogP contribution >= 0.6 is 0 Å². The van der Waals surface area contributed by atoms with Crippen molar-refractivity contribution in [2.45, 2.75) is 98.3 Å². The second-order valence-electron chi connectivity index (χ2n) is 13.4. The van der Waals surface area contributed by atoms with E-state index in [-0.39, 0.29) is 61.5 Å². The predicted molar refractivity (Wildman–Crippen MR) is 172 cm³/mol. The lowest BCUT2D eigenvalue weighted by molar-refractivity contribution is -0.144. The van der Waals surface area contributed by atoms with Crippen molar-refractivity contribution in [1.82, 2.24) is 10.6 Å². The summed E-state index contributed by atoms with van der Waals surface area (Å²) in [5.74, 6) is -1.32. The molecule has 0 fully saturated rings. The lowest BCUT2D eigenvalue weighted by Gasteiger charge is -2.22. The van der Waals surface area contributed by atoms with E-state index in [1.54, 1.807) is 0 Å². The second kappa shape index (κ2) is 16.3. The summed E-state index contributed by atoms with van der Waals surface area (Å²) in [7, 11) is 0. The fourth-order valence-corrected chi connectivity index (χ4v) is 4.76.